The maximum absolute atomic E-state index is 11.1. The summed E-state index contributed by atoms with van der Waals surface area (Å²) in [6, 6.07) is 9.12. The van der Waals surface area contributed by atoms with Crippen LogP contribution in [0.5, 0.6) is 0 Å². The zero-order valence-electron chi connectivity index (χ0n) is 9.51. The van der Waals surface area contributed by atoms with Crippen LogP contribution in [0.3, 0.4) is 0 Å². The van der Waals surface area contributed by atoms with Gasteiger partial charge in [-0.3, -0.25) is 4.68 Å². The van der Waals surface area contributed by atoms with Gasteiger partial charge in [0.25, 0.3) is 0 Å². The number of nitrogens with zero attached hydrogens (tertiary/aromatic N) is 2. The van der Waals surface area contributed by atoms with Crippen LogP contribution >= 0.6 is 15.9 Å². The van der Waals surface area contributed by atoms with Crippen molar-refractivity contribution in [3.8, 4) is 11.3 Å². The predicted octanol–water partition coefficient (Wildman–Crippen LogP) is 3.20. The molecule has 0 aliphatic rings. The zero-order valence-corrected chi connectivity index (χ0v) is 11.1. The monoisotopic (exact) mass is 306 g/mol. The van der Waals surface area contributed by atoms with Crippen molar-refractivity contribution in [3.63, 3.8) is 0 Å². The number of aromatic carboxylic acids is 1. The van der Waals surface area contributed by atoms with E-state index in [2.05, 4.69) is 27.6 Å². The van der Waals surface area contributed by atoms with E-state index in [1.54, 1.807) is 12.1 Å². The van der Waals surface area contributed by atoms with E-state index < -0.39 is 5.97 Å². The summed E-state index contributed by atoms with van der Waals surface area (Å²) in [5.74, 6) is -0.993. The number of carboxylic acid groups (broad SMARTS) is 1. The van der Waals surface area contributed by atoms with Crippen molar-refractivity contribution in [2.45, 2.75) is 6.54 Å². The lowest BCUT2D eigenvalue weighted by Gasteiger charge is -1.99. The molecule has 18 heavy (non-hydrogen) atoms. The van der Waals surface area contributed by atoms with Crippen molar-refractivity contribution >= 4 is 21.9 Å². The third-order valence-electron chi connectivity index (χ3n) is 2.44. The fourth-order valence-electron chi connectivity index (χ4n) is 1.61. The van der Waals surface area contributed by atoms with E-state index in [1.807, 2.05) is 24.3 Å². The number of aromatic nitrogens is 2. The normalized spacial score (nSPS) is 10.3. The quantitative estimate of drug-likeness (QED) is 0.883. The maximum atomic E-state index is 11.1. The molecule has 0 saturated heterocycles. The molecular formula is C13H11BrN2O2. The second-order valence-electron chi connectivity index (χ2n) is 3.70. The molecule has 2 rings (SSSR count). The van der Waals surface area contributed by atoms with Gasteiger partial charge in [0.2, 0.25) is 0 Å². The van der Waals surface area contributed by atoms with E-state index in [-0.39, 0.29) is 5.69 Å². The SMILES string of the molecule is C=CCn1nc(-c2ccc(Br)cc2)cc1C(=O)O. The molecule has 1 aromatic heterocycles. The van der Waals surface area contributed by atoms with Gasteiger partial charge in [-0.05, 0) is 18.2 Å². The van der Waals surface area contributed by atoms with Crippen LogP contribution in [0.1, 0.15) is 10.5 Å². The Labute approximate surface area is 113 Å². The lowest BCUT2D eigenvalue weighted by molar-refractivity contribution is 0.0684. The van der Waals surface area contributed by atoms with Crippen LogP contribution in [-0.4, -0.2) is 20.9 Å². The highest BCUT2D eigenvalue weighted by Gasteiger charge is 2.14. The molecule has 0 spiro atoms. The van der Waals surface area contributed by atoms with E-state index in [0.717, 1.165) is 10.0 Å². The minimum absolute atomic E-state index is 0.160. The Kier molecular flexibility index (Phi) is 3.62. The summed E-state index contributed by atoms with van der Waals surface area (Å²) in [6.07, 6.45) is 1.62. The maximum Gasteiger partial charge on any atom is 0.354 e. The van der Waals surface area contributed by atoms with Crippen molar-refractivity contribution in [2.24, 2.45) is 0 Å². The molecule has 92 valence electrons. The molecule has 1 N–H and O–H groups in total. The van der Waals surface area contributed by atoms with Gasteiger partial charge in [-0.15, -0.1) is 6.58 Å². The highest BCUT2D eigenvalue weighted by molar-refractivity contribution is 9.10. The fourth-order valence-corrected chi connectivity index (χ4v) is 1.88. The average molecular weight is 307 g/mol. The highest BCUT2D eigenvalue weighted by atomic mass is 79.9. The molecule has 4 nitrogen and oxygen atoms in total. The van der Waals surface area contributed by atoms with Crippen LogP contribution in [-0.2, 0) is 6.54 Å². The predicted molar refractivity (Wildman–Crippen MR) is 72.5 cm³/mol. The number of halogens is 1. The van der Waals surface area contributed by atoms with Gasteiger partial charge in [-0.1, -0.05) is 34.1 Å². The van der Waals surface area contributed by atoms with Crippen molar-refractivity contribution in [3.05, 3.63) is 53.2 Å². The topological polar surface area (TPSA) is 55.1 Å². The van der Waals surface area contributed by atoms with E-state index in [0.29, 0.717) is 12.2 Å². The van der Waals surface area contributed by atoms with E-state index in [1.165, 1.54) is 4.68 Å². The molecular weight excluding hydrogens is 296 g/mol. The summed E-state index contributed by atoms with van der Waals surface area (Å²) in [5, 5.41) is 13.4. The molecule has 1 heterocycles. The molecule has 5 heteroatoms. The number of allylic oxidation sites excluding steroid dienone is 1. The Hall–Kier alpha value is -1.88. The Morgan fingerprint density at radius 3 is 2.67 bits per heavy atom. The van der Waals surface area contributed by atoms with Crippen LogP contribution in [0.25, 0.3) is 11.3 Å². The number of rotatable bonds is 4. The fraction of sp³-hybridized carbons (Fsp3) is 0.0769. The molecule has 0 aliphatic heterocycles. The van der Waals surface area contributed by atoms with E-state index in [4.69, 9.17) is 5.11 Å². The average Bonchev–Trinajstić information content (AvgIpc) is 2.75. The van der Waals surface area contributed by atoms with Gasteiger partial charge in [0.05, 0.1) is 12.2 Å². The number of hydrogen-bond donors (Lipinski definition) is 1. The second kappa shape index (κ2) is 5.18. The number of carboxylic acids is 1. The smallest absolute Gasteiger partial charge is 0.354 e. The van der Waals surface area contributed by atoms with Crippen molar-refractivity contribution in [1.82, 2.24) is 9.78 Å². The summed E-state index contributed by atoms with van der Waals surface area (Å²) in [6.45, 7) is 3.96. The first-order valence-electron chi connectivity index (χ1n) is 5.30. The van der Waals surface area contributed by atoms with Gasteiger partial charge in [0.1, 0.15) is 5.69 Å². The van der Waals surface area contributed by atoms with Crippen LogP contribution < -0.4 is 0 Å². The number of benzene rings is 1. The van der Waals surface area contributed by atoms with Crippen LogP contribution in [0.4, 0.5) is 0 Å². The van der Waals surface area contributed by atoms with Crippen LogP contribution in [0.15, 0.2) is 47.5 Å². The van der Waals surface area contributed by atoms with Crippen LogP contribution in [0, 0.1) is 0 Å². The largest absolute Gasteiger partial charge is 0.477 e. The lowest BCUT2D eigenvalue weighted by Crippen LogP contribution is -2.08. The van der Waals surface area contributed by atoms with Crippen molar-refractivity contribution < 1.29 is 9.90 Å². The van der Waals surface area contributed by atoms with Gasteiger partial charge in [0.15, 0.2) is 0 Å². The third-order valence-corrected chi connectivity index (χ3v) is 2.97. The summed E-state index contributed by atoms with van der Waals surface area (Å²) < 4.78 is 2.39. The molecule has 0 aliphatic carbocycles. The van der Waals surface area contributed by atoms with Gasteiger partial charge < -0.3 is 5.11 Å². The molecule has 0 unspecified atom stereocenters. The molecule has 0 atom stereocenters. The molecule has 0 amide bonds. The Bertz CT molecular complexity index is 588. The van der Waals surface area contributed by atoms with Crippen LogP contribution in [0.2, 0.25) is 0 Å². The van der Waals surface area contributed by atoms with E-state index >= 15 is 0 Å². The van der Waals surface area contributed by atoms with Gasteiger partial charge >= 0.3 is 5.97 Å². The number of carbonyl (C=O) groups is 1. The summed E-state index contributed by atoms with van der Waals surface area (Å²) in [7, 11) is 0. The molecule has 1 aromatic carbocycles. The summed E-state index contributed by atoms with van der Waals surface area (Å²) >= 11 is 3.35. The van der Waals surface area contributed by atoms with Crippen molar-refractivity contribution in [1.29, 1.82) is 0 Å². The zero-order chi connectivity index (χ0) is 13.1. The van der Waals surface area contributed by atoms with Gasteiger partial charge in [0, 0.05) is 10.0 Å². The summed E-state index contributed by atoms with van der Waals surface area (Å²) in [4.78, 5) is 11.1. The summed E-state index contributed by atoms with van der Waals surface area (Å²) in [5.41, 5.74) is 1.68. The standard InChI is InChI=1S/C13H11BrN2O2/c1-2-7-16-12(13(17)18)8-11(15-16)9-3-5-10(14)6-4-9/h2-6,8H,1,7H2,(H,17,18). The Balaban J connectivity index is 2.45. The van der Waals surface area contributed by atoms with Crippen molar-refractivity contribution in [2.75, 3.05) is 0 Å². The first-order chi connectivity index (χ1) is 8.61. The third kappa shape index (κ3) is 2.51. The van der Waals surface area contributed by atoms with E-state index in [9.17, 15) is 4.79 Å². The Morgan fingerprint density at radius 1 is 1.44 bits per heavy atom. The lowest BCUT2D eigenvalue weighted by atomic mass is 10.1. The minimum Gasteiger partial charge on any atom is -0.477 e. The first-order valence-corrected chi connectivity index (χ1v) is 6.09. The second-order valence-corrected chi connectivity index (χ2v) is 4.61. The van der Waals surface area contributed by atoms with Gasteiger partial charge in [-0.2, -0.15) is 5.10 Å². The molecule has 2 aromatic rings. The van der Waals surface area contributed by atoms with Gasteiger partial charge in [-0.25, -0.2) is 4.79 Å². The minimum atomic E-state index is -0.993. The Morgan fingerprint density at radius 2 is 2.11 bits per heavy atom. The first kappa shape index (κ1) is 12.6. The highest BCUT2D eigenvalue weighted by Crippen LogP contribution is 2.21. The molecule has 0 bridgehead atoms. The molecule has 0 fully saturated rings. The molecule has 0 saturated carbocycles. The molecule has 0 radical (unpaired) electrons. The number of hydrogen-bond acceptors (Lipinski definition) is 2.